The van der Waals surface area contributed by atoms with Gasteiger partial charge in [-0.25, -0.2) is 4.79 Å². The van der Waals surface area contributed by atoms with Crippen LogP contribution < -0.4 is 76.1 Å². The number of fused-ring (bicyclic) bond motifs is 1. The molecule has 0 bridgehead atoms. The van der Waals surface area contributed by atoms with Crippen LogP contribution in [0.25, 0.3) is 10.9 Å². The molecule has 2 aliphatic heterocycles. The van der Waals surface area contributed by atoms with Crippen molar-refractivity contribution in [3.63, 3.8) is 0 Å². The number of carboxylic acid groups (broad SMARTS) is 1. The van der Waals surface area contributed by atoms with Gasteiger partial charge in [0.05, 0.1) is 25.3 Å². The zero-order valence-corrected chi connectivity index (χ0v) is 61.8. The molecule has 105 heavy (non-hydrogen) atoms. The Bertz CT molecular complexity index is 3490. The van der Waals surface area contributed by atoms with Gasteiger partial charge in [-0.2, -0.15) is 25.3 Å². The third-order valence-electron chi connectivity index (χ3n) is 18.7. The summed E-state index contributed by atoms with van der Waals surface area (Å²) in [4.78, 5) is 191. The number of carbonyl (C=O) groups is 13. The number of nitrogens with two attached hydrogens (primary N) is 4. The summed E-state index contributed by atoms with van der Waals surface area (Å²) in [6, 6.07) is -0.664. The number of nitrogens with one attached hydrogen (secondary N) is 11. The van der Waals surface area contributed by atoms with Crippen LogP contribution in [-0.2, 0) is 75.2 Å². The Morgan fingerprint density at radius 2 is 1.14 bits per heavy atom. The van der Waals surface area contributed by atoms with Crippen molar-refractivity contribution in [2.45, 2.75) is 197 Å². The van der Waals surface area contributed by atoms with Crippen molar-refractivity contribution in [2.24, 2.45) is 39.8 Å². The molecule has 22 N–H and O–H groups in total. The maximum atomic E-state index is 14.9. The highest BCUT2D eigenvalue weighted by atomic mass is 32.1. The summed E-state index contributed by atoms with van der Waals surface area (Å²) in [5, 5.41) is 58.2. The Labute approximate surface area is 621 Å². The smallest absolute Gasteiger partial charge is 0.326 e. The number of aliphatic imine (C=N–C) groups is 1. The minimum Gasteiger partial charge on any atom is -0.480 e. The van der Waals surface area contributed by atoms with Crippen LogP contribution in [0, 0.1) is 11.8 Å². The van der Waals surface area contributed by atoms with Gasteiger partial charge >= 0.3 is 5.97 Å². The van der Waals surface area contributed by atoms with Crippen molar-refractivity contribution in [1.29, 1.82) is 0 Å². The van der Waals surface area contributed by atoms with Crippen LogP contribution in [0.4, 0.5) is 0 Å². The highest BCUT2D eigenvalue weighted by Crippen LogP contribution is 2.28. The van der Waals surface area contributed by atoms with E-state index in [9.17, 15) is 77.6 Å². The number of aliphatic carboxylic acids is 1. The minimum absolute atomic E-state index is 0.0209. The van der Waals surface area contributed by atoms with Gasteiger partial charge in [0.1, 0.15) is 66.5 Å². The summed E-state index contributed by atoms with van der Waals surface area (Å²) in [7, 11) is 0. The number of hydrogen-bond donors (Lipinski definition) is 20. The van der Waals surface area contributed by atoms with E-state index >= 15 is 0 Å². The fourth-order valence-electron chi connectivity index (χ4n) is 12.2. The molecule has 0 aliphatic carbocycles. The summed E-state index contributed by atoms with van der Waals surface area (Å²) in [5.41, 5.74) is 24.4. The quantitative estimate of drug-likeness (QED) is 0.0112. The van der Waals surface area contributed by atoms with Crippen molar-refractivity contribution in [3.05, 3.63) is 71.9 Å². The maximum Gasteiger partial charge on any atom is 0.326 e. The first kappa shape index (κ1) is 86.5. The Morgan fingerprint density at radius 1 is 0.600 bits per heavy atom. The van der Waals surface area contributed by atoms with Crippen molar-refractivity contribution in [3.8, 4) is 0 Å². The summed E-state index contributed by atoms with van der Waals surface area (Å²) < 4.78 is 0. The summed E-state index contributed by atoms with van der Waals surface area (Å²) in [5.74, 6) is -12.8. The fourth-order valence-corrected chi connectivity index (χ4v) is 12.6. The lowest BCUT2D eigenvalue weighted by Gasteiger charge is -2.35. The van der Waals surface area contributed by atoms with E-state index in [0.29, 0.717) is 54.1 Å². The summed E-state index contributed by atoms with van der Waals surface area (Å²) in [6.07, 6.45) is 2.06. The molecule has 36 heteroatoms. The van der Waals surface area contributed by atoms with Crippen LogP contribution in [-0.4, -0.2) is 242 Å². The molecule has 2 aliphatic rings. The lowest BCUT2D eigenvalue weighted by Crippen LogP contribution is -2.62. The maximum absolute atomic E-state index is 14.9. The van der Waals surface area contributed by atoms with Crippen LogP contribution in [0.3, 0.4) is 0 Å². The van der Waals surface area contributed by atoms with E-state index in [2.05, 4.69) is 88.4 Å². The molecular weight excluding hydrogens is 1400 g/mol. The molecule has 0 saturated carbocycles. The van der Waals surface area contributed by atoms with Gasteiger partial charge in [0.2, 0.25) is 70.9 Å². The molecule has 2 saturated heterocycles. The predicted molar refractivity (Wildman–Crippen MR) is 396 cm³/mol. The molecule has 1 aromatic heterocycles. The third-order valence-corrected chi connectivity index (χ3v) is 19.4. The van der Waals surface area contributed by atoms with Gasteiger partial charge in [-0.05, 0) is 100 Å². The summed E-state index contributed by atoms with van der Waals surface area (Å²) >= 11 is 8.27. The monoisotopic (exact) mass is 1510 g/mol. The van der Waals surface area contributed by atoms with Gasteiger partial charge in [-0.15, -0.1) is 0 Å². The fraction of sp³-hybridized carbons (Fsp3) is 0.594. The van der Waals surface area contributed by atoms with Gasteiger partial charge in [0.15, 0.2) is 5.96 Å². The molecule has 2 aromatic carbocycles. The van der Waals surface area contributed by atoms with E-state index < -0.39 is 180 Å². The molecule has 0 spiro atoms. The van der Waals surface area contributed by atoms with Crippen LogP contribution in [0.1, 0.15) is 116 Å². The van der Waals surface area contributed by atoms with Crippen molar-refractivity contribution in [1.82, 2.24) is 68.0 Å². The number of unbranched alkanes of at least 4 members (excludes halogenated alkanes) is 1. The number of aromatic amines is 1. The van der Waals surface area contributed by atoms with Crippen LogP contribution >= 0.6 is 25.3 Å². The van der Waals surface area contributed by atoms with E-state index in [-0.39, 0.29) is 95.0 Å². The van der Waals surface area contributed by atoms with E-state index in [1.54, 1.807) is 88.5 Å². The first-order valence-corrected chi connectivity index (χ1v) is 36.7. The molecule has 2 fully saturated rings. The molecule has 0 radical (unpaired) electrons. The minimum atomic E-state index is -1.82. The number of benzene rings is 2. The molecule has 580 valence electrons. The zero-order valence-electron chi connectivity index (χ0n) is 60.0. The van der Waals surface area contributed by atoms with E-state index in [4.69, 9.17) is 22.9 Å². The lowest BCUT2D eigenvalue weighted by atomic mass is 9.96. The van der Waals surface area contributed by atoms with Gasteiger partial charge in [0.25, 0.3) is 0 Å². The summed E-state index contributed by atoms with van der Waals surface area (Å²) in [6.45, 7) is 6.94. The van der Waals surface area contributed by atoms with E-state index in [1.165, 1.54) is 16.7 Å². The second-order valence-electron chi connectivity index (χ2n) is 26.5. The number of guanidine groups is 1. The molecular formula is C69H106N18O16S2. The average Bonchev–Trinajstić information content (AvgIpc) is 1.68. The Balaban J connectivity index is 1.30. The number of nitrogens with zero attached hydrogens (tertiary/aromatic N) is 3. The molecule has 3 heterocycles. The number of likely N-dealkylation sites (tertiary alicyclic amines) is 2. The van der Waals surface area contributed by atoms with Crippen LogP contribution in [0.15, 0.2) is 65.8 Å². The van der Waals surface area contributed by atoms with Crippen molar-refractivity contribution in [2.75, 3.05) is 50.8 Å². The Morgan fingerprint density at radius 3 is 1.76 bits per heavy atom. The number of carbonyl (C=O) groups excluding carboxylic acids is 12. The van der Waals surface area contributed by atoms with Gasteiger partial charge in [-0.1, -0.05) is 89.1 Å². The number of aromatic nitrogens is 1. The van der Waals surface area contributed by atoms with Gasteiger partial charge in [0, 0.05) is 61.1 Å². The number of carboxylic acids is 1. The molecule has 3 aromatic rings. The number of thiol groups is 2. The molecule has 5 rings (SSSR count). The standard InChI is InChI=1S/C69H106N18O16S2/c1-6-37(3)54(64(98)82-50(36-105)62(96)80-48(68(102)103)30-40-18-9-8-10-19-40)83-63(97)51-24-16-28-86(51)66(100)52-25-17-29-87(52)67(101)55(38(4)7-2)84-61(95)49(34-88)81-59(93)46(22-13-14-26-70)78-65(99)56(39(5)89)85-60(94)47(31-41-32-75-44-21-12-11-20-42(41)44)79-58(92)45(23-15-27-74-69(72)73)77-53(90)33-76-57(91)43(71)35-104/h8-12,18-21,32,37-39,43,45-52,54-56,75,88-89,104-105H,6-7,13-17,22-31,33-36,70-71H2,1-5H3,(H,76,91)(H,77,90)(H,78,99)(H,79,92)(H,80,96)(H,81,93)(H,82,98)(H,83,97)(H,84,95)(H,85,94)(H,102,103)(H4,72,73,74)/t37-,38-,39+,43-,45-,46-,47-,48-,49-,50-,51-,52-,54-,55-,56-/m0/s1. The normalized spacial score (nSPS) is 17.9. The zero-order chi connectivity index (χ0) is 77.6. The number of H-pyrrole nitrogens is 1. The first-order chi connectivity index (χ1) is 50.0. The lowest BCUT2D eigenvalue weighted by molar-refractivity contribution is -0.149. The average molecular weight is 1510 g/mol. The number of para-hydroxylation sites is 1. The molecule has 12 amide bonds. The van der Waals surface area contributed by atoms with Gasteiger partial charge in [-0.3, -0.25) is 62.5 Å². The van der Waals surface area contributed by atoms with Crippen molar-refractivity contribution < 1.29 is 77.6 Å². The molecule has 0 unspecified atom stereocenters. The topological polar surface area (TPSA) is 542 Å². The number of amides is 12. The Kier molecular flexibility index (Phi) is 35.7. The first-order valence-electron chi connectivity index (χ1n) is 35.5. The second-order valence-corrected chi connectivity index (χ2v) is 27.2. The van der Waals surface area contributed by atoms with Crippen LogP contribution in [0.5, 0.6) is 0 Å². The number of rotatable bonds is 43. The highest BCUT2D eigenvalue weighted by Gasteiger charge is 2.46. The Hall–Kier alpha value is -9.10. The second kappa shape index (κ2) is 43.4. The van der Waals surface area contributed by atoms with Crippen molar-refractivity contribution >= 4 is 119 Å². The SMILES string of the molecule is CC[C@H](C)[C@H](NC(=O)[C@@H]1CCCN1C(=O)[C@@H]1CCCN1C(=O)[C@@H](NC(=O)[C@H](CO)NC(=O)[C@H](CCCCN)NC(=O)[C@@H](NC(=O)[C@H](Cc1c[nH]c2ccccc12)NC(=O)[C@H](CCCN=C(N)N)NC(=O)CNC(=O)[C@@H](N)CS)[C@@H](C)O)[C@@H](C)CC)C(=O)N[C@@H](CS)C(=O)N[C@@H](Cc1ccccc1)C(=O)O. The number of aliphatic hydroxyl groups is 2. The van der Waals surface area contributed by atoms with Gasteiger partial charge < -0.3 is 106 Å². The third kappa shape index (κ3) is 25.9. The number of hydrogen-bond acceptors (Lipinski definition) is 20. The predicted octanol–water partition coefficient (Wildman–Crippen LogP) is -3.67. The number of aliphatic hydroxyl groups excluding tert-OH is 2. The molecule has 34 nitrogen and oxygen atoms in total. The highest BCUT2D eigenvalue weighted by molar-refractivity contribution is 7.80. The molecule has 15 atom stereocenters. The largest absolute Gasteiger partial charge is 0.480 e. The van der Waals surface area contributed by atoms with Crippen LogP contribution in [0.2, 0.25) is 0 Å². The van der Waals surface area contributed by atoms with E-state index in [0.717, 1.165) is 0 Å². The van der Waals surface area contributed by atoms with E-state index in [1.807, 2.05) is 0 Å².